The molecule has 3 rings (SSSR count). The quantitative estimate of drug-likeness (QED) is 0.890. The summed E-state index contributed by atoms with van der Waals surface area (Å²) in [4.78, 5) is 4.32. The van der Waals surface area contributed by atoms with Crippen molar-refractivity contribution in [3.05, 3.63) is 36.0 Å². The number of para-hydroxylation sites is 1. The highest BCUT2D eigenvalue weighted by Gasteiger charge is 2.35. The fourth-order valence-electron chi connectivity index (χ4n) is 2.44. The number of anilines is 1. The zero-order valence-corrected chi connectivity index (χ0v) is 10.4. The van der Waals surface area contributed by atoms with Gasteiger partial charge in [-0.25, -0.2) is 0 Å². The Balaban J connectivity index is 2.05. The molecule has 1 aromatic carbocycles. The number of nitriles is 1. The van der Waals surface area contributed by atoms with Gasteiger partial charge in [0.15, 0.2) is 0 Å². The highest BCUT2D eigenvalue weighted by molar-refractivity contribution is 5.94. The van der Waals surface area contributed by atoms with Gasteiger partial charge in [-0.2, -0.15) is 5.26 Å². The van der Waals surface area contributed by atoms with Gasteiger partial charge in [-0.05, 0) is 18.4 Å². The van der Waals surface area contributed by atoms with Crippen LogP contribution in [0.5, 0.6) is 0 Å². The summed E-state index contributed by atoms with van der Waals surface area (Å²) in [7, 11) is 0. The summed E-state index contributed by atoms with van der Waals surface area (Å²) < 4.78 is 0. The van der Waals surface area contributed by atoms with E-state index in [0.717, 1.165) is 22.5 Å². The molecule has 2 unspecified atom stereocenters. The van der Waals surface area contributed by atoms with Gasteiger partial charge in [0, 0.05) is 17.6 Å². The molecule has 3 nitrogen and oxygen atoms in total. The van der Waals surface area contributed by atoms with Gasteiger partial charge < -0.3 is 5.32 Å². The Morgan fingerprint density at radius 1 is 1.44 bits per heavy atom. The van der Waals surface area contributed by atoms with Gasteiger partial charge in [0.05, 0.1) is 16.8 Å². The Morgan fingerprint density at radius 2 is 2.28 bits per heavy atom. The molecule has 2 atom stereocenters. The van der Waals surface area contributed by atoms with Crippen LogP contribution in [0, 0.1) is 17.2 Å². The molecule has 1 heterocycles. The summed E-state index contributed by atoms with van der Waals surface area (Å²) >= 11 is 0. The topological polar surface area (TPSA) is 48.7 Å². The molecule has 0 aliphatic heterocycles. The number of pyridine rings is 1. The van der Waals surface area contributed by atoms with Crippen LogP contribution in [0.2, 0.25) is 0 Å². The second kappa shape index (κ2) is 4.30. The number of aromatic nitrogens is 1. The number of hydrogen-bond acceptors (Lipinski definition) is 3. The van der Waals surface area contributed by atoms with E-state index in [1.807, 2.05) is 24.3 Å². The first-order valence-electron chi connectivity index (χ1n) is 6.38. The van der Waals surface area contributed by atoms with Crippen LogP contribution in [0.25, 0.3) is 10.9 Å². The SMILES string of the molecule is CCC1CC1Nc1c(C#N)cnc2ccccc12. The monoisotopic (exact) mass is 237 g/mol. The molecule has 1 fully saturated rings. The van der Waals surface area contributed by atoms with E-state index in [2.05, 4.69) is 23.3 Å². The van der Waals surface area contributed by atoms with Crippen molar-refractivity contribution in [1.29, 1.82) is 5.26 Å². The van der Waals surface area contributed by atoms with Gasteiger partial charge in [0.2, 0.25) is 0 Å². The molecule has 2 aromatic rings. The Labute approximate surface area is 106 Å². The molecule has 0 bridgehead atoms. The highest BCUT2D eigenvalue weighted by atomic mass is 15.0. The van der Waals surface area contributed by atoms with E-state index < -0.39 is 0 Å². The molecule has 0 saturated heterocycles. The predicted octanol–water partition coefficient (Wildman–Crippen LogP) is 3.32. The normalized spacial score (nSPS) is 21.6. The van der Waals surface area contributed by atoms with E-state index in [4.69, 9.17) is 0 Å². The van der Waals surface area contributed by atoms with Crippen LogP contribution in [0.4, 0.5) is 5.69 Å². The van der Waals surface area contributed by atoms with Crippen LogP contribution in [0.15, 0.2) is 30.5 Å². The molecule has 18 heavy (non-hydrogen) atoms. The summed E-state index contributed by atoms with van der Waals surface area (Å²) in [5.41, 5.74) is 2.52. The van der Waals surface area contributed by atoms with Crippen molar-refractivity contribution in [2.24, 2.45) is 5.92 Å². The summed E-state index contributed by atoms with van der Waals surface area (Å²) in [5.74, 6) is 0.753. The standard InChI is InChI=1S/C15H15N3/c1-2-10-7-14(10)18-15-11(8-16)9-17-13-6-4-3-5-12(13)15/h3-6,9-10,14H,2,7H2,1H3,(H,17,18). The second-order valence-electron chi connectivity index (χ2n) is 4.83. The third-order valence-electron chi connectivity index (χ3n) is 3.67. The van der Waals surface area contributed by atoms with E-state index >= 15 is 0 Å². The Hall–Kier alpha value is -2.08. The summed E-state index contributed by atoms with van der Waals surface area (Å²) in [6, 6.07) is 10.7. The minimum Gasteiger partial charge on any atom is -0.380 e. The Kier molecular flexibility index (Phi) is 2.64. The lowest BCUT2D eigenvalue weighted by atomic mass is 10.1. The van der Waals surface area contributed by atoms with E-state index in [9.17, 15) is 5.26 Å². The zero-order chi connectivity index (χ0) is 12.5. The van der Waals surface area contributed by atoms with Crippen LogP contribution < -0.4 is 5.32 Å². The summed E-state index contributed by atoms with van der Waals surface area (Å²) in [6.45, 7) is 2.21. The van der Waals surface area contributed by atoms with Crippen LogP contribution in [-0.4, -0.2) is 11.0 Å². The van der Waals surface area contributed by atoms with Crippen LogP contribution in [-0.2, 0) is 0 Å². The second-order valence-corrected chi connectivity index (χ2v) is 4.83. The molecule has 1 aromatic heterocycles. The zero-order valence-electron chi connectivity index (χ0n) is 10.4. The first-order valence-corrected chi connectivity index (χ1v) is 6.38. The largest absolute Gasteiger partial charge is 0.380 e. The molecule has 1 N–H and O–H groups in total. The van der Waals surface area contributed by atoms with Crippen molar-refractivity contribution in [2.45, 2.75) is 25.8 Å². The number of benzene rings is 1. The number of hydrogen-bond donors (Lipinski definition) is 1. The smallest absolute Gasteiger partial charge is 0.103 e. The van der Waals surface area contributed by atoms with Crippen molar-refractivity contribution >= 4 is 16.6 Å². The van der Waals surface area contributed by atoms with Crippen LogP contribution >= 0.6 is 0 Å². The summed E-state index contributed by atoms with van der Waals surface area (Å²) in [5, 5.41) is 13.8. The maximum absolute atomic E-state index is 9.20. The van der Waals surface area contributed by atoms with Gasteiger partial charge in [0.1, 0.15) is 6.07 Å². The number of fused-ring (bicyclic) bond motifs is 1. The Bertz CT molecular complexity index is 627. The van der Waals surface area contributed by atoms with Gasteiger partial charge in [-0.1, -0.05) is 31.5 Å². The van der Waals surface area contributed by atoms with Gasteiger partial charge >= 0.3 is 0 Å². The lowest BCUT2D eigenvalue weighted by Crippen LogP contribution is -2.07. The molecule has 0 radical (unpaired) electrons. The first-order chi connectivity index (χ1) is 8.83. The third kappa shape index (κ3) is 1.80. The minimum atomic E-state index is 0.521. The first kappa shape index (κ1) is 11.0. The molecule has 90 valence electrons. The lowest BCUT2D eigenvalue weighted by Gasteiger charge is -2.10. The van der Waals surface area contributed by atoms with E-state index in [1.54, 1.807) is 6.20 Å². The predicted molar refractivity (Wildman–Crippen MR) is 72.3 cm³/mol. The van der Waals surface area contributed by atoms with Gasteiger partial charge in [-0.3, -0.25) is 4.98 Å². The van der Waals surface area contributed by atoms with Gasteiger partial charge in [-0.15, -0.1) is 0 Å². The number of nitrogens with zero attached hydrogens (tertiary/aromatic N) is 2. The van der Waals surface area contributed by atoms with E-state index in [0.29, 0.717) is 11.6 Å². The van der Waals surface area contributed by atoms with E-state index in [-0.39, 0.29) is 0 Å². The van der Waals surface area contributed by atoms with Crippen molar-refractivity contribution in [2.75, 3.05) is 5.32 Å². The van der Waals surface area contributed by atoms with Crippen molar-refractivity contribution in [3.63, 3.8) is 0 Å². The summed E-state index contributed by atoms with van der Waals surface area (Å²) in [6.07, 6.45) is 4.06. The molecule has 1 aliphatic rings. The van der Waals surface area contributed by atoms with Crippen LogP contribution in [0.3, 0.4) is 0 Å². The fourth-order valence-corrected chi connectivity index (χ4v) is 2.44. The fraction of sp³-hybridized carbons (Fsp3) is 0.333. The molecular weight excluding hydrogens is 222 g/mol. The molecule has 0 amide bonds. The third-order valence-corrected chi connectivity index (χ3v) is 3.67. The Morgan fingerprint density at radius 3 is 3.00 bits per heavy atom. The maximum atomic E-state index is 9.20. The van der Waals surface area contributed by atoms with Crippen molar-refractivity contribution in [3.8, 4) is 6.07 Å². The molecule has 1 aliphatic carbocycles. The lowest BCUT2D eigenvalue weighted by molar-refractivity contribution is 0.775. The van der Waals surface area contributed by atoms with Crippen molar-refractivity contribution < 1.29 is 0 Å². The molecular formula is C15H15N3. The molecule has 1 saturated carbocycles. The number of nitrogens with one attached hydrogen (secondary N) is 1. The highest BCUT2D eigenvalue weighted by Crippen LogP contribution is 2.38. The molecule has 0 spiro atoms. The average Bonchev–Trinajstić information content (AvgIpc) is 3.17. The van der Waals surface area contributed by atoms with Crippen LogP contribution in [0.1, 0.15) is 25.3 Å². The number of rotatable bonds is 3. The van der Waals surface area contributed by atoms with Gasteiger partial charge in [0.25, 0.3) is 0 Å². The molecule has 3 heteroatoms. The average molecular weight is 237 g/mol. The minimum absolute atomic E-state index is 0.521. The maximum Gasteiger partial charge on any atom is 0.103 e. The van der Waals surface area contributed by atoms with E-state index in [1.165, 1.54) is 12.8 Å². The van der Waals surface area contributed by atoms with Crippen molar-refractivity contribution in [1.82, 2.24) is 4.98 Å².